The average molecular weight is 370 g/mol. The highest BCUT2D eigenvalue weighted by molar-refractivity contribution is 5.79. The maximum Gasteiger partial charge on any atom is 0.318 e. The minimum atomic E-state index is 0.336. The molecule has 3 N–H and O–H groups in total. The number of nitrogens with two attached hydrogens (primary N) is 1. The van der Waals surface area contributed by atoms with Gasteiger partial charge in [-0.25, -0.2) is 0 Å². The van der Waals surface area contributed by atoms with Gasteiger partial charge in [0.2, 0.25) is 0 Å². The molecule has 0 spiro atoms. The first-order valence-electron chi connectivity index (χ1n) is 10.4. The Bertz CT molecular complexity index is 716. The summed E-state index contributed by atoms with van der Waals surface area (Å²) in [6.45, 7) is 3.86. The summed E-state index contributed by atoms with van der Waals surface area (Å²) in [5, 5.41) is 13.2. The van der Waals surface area contributed by atoms with Crippen molar-refractivity contribution >= 4 is 11.4 Å². The van der Waals surface area contributed by atoms with Gasteiger partial charge in [0.1, 0.15) is 5.82 Å². The third-order valence-corrected chi connectivity index (χ3v) is 5.53. The number of aromatic nitrogens is 2. The number of hydrogen-bond acceptors (Lipinski definition) is 6. The van der Waals surface area contributed by atoms with E-state index in [9.17, 15) is 5.26 Å². The van der Waals surface area contributed by atoms with Gasteiger partial charge in [0, 0.05) is 23.6 Å². The molecular weight excluding hydrogens is 338 g/mol. The Balaban J connectivity index is 1.63. The van der Waals surface area contributed by atoms with Gasteiger partial charge in [-0.15, -0.1) is 0 Å². The van der Waals surface area contributed by atoms with E-state index < -0.39 is 0 Å². The van der Waals surface area contributed by atoms with Gasteiger partial charge in [-0.05, 0) is 50.6 Å². The van der Waals surface area contributed by atoms with Gasteiger partial charge in [-0.2, -0.15) is 15.2 Å². The van der Waals surface area contributed by atoms with Crippen LogP contribution in [0.1, 0.15) is 76.0 Å². The minimum absolute atomic E-state index is 0.336. The third kappa shape index (κ3) is 4.98. The summed E-state index contributed by atoms with van der Waals surface area (Å²) >= 11 is 0. The van der Waals surface area contributed by atoms with Crippen LogP contribution in [0.25, 0.3) is 5.57 Å². The molecule has 0 aromatic carbocycles. The molecule has 1 atom stereocenters. The van der Waals surface area contributed by atoms with Crippen LogP contribution in [0.2, 0.25) is 0 Å². The summed E-state index contributed by atoms with van der Waals surface area (Å²) in [7, 11) is 0. The number of piperidine rings is 1. The zero-order valence-corrected chi connectivity index (χ0v) is 16.4. The molecule has 2 heterocycles. The van der Waals surface area contributed by atoms with E-state index in [1.54, 1.807) is 0 Å². The van der Waals surface area contributed by atoms with Crippen molar-refractivity contribution in [2.24, 2.45) is 0 Å². The van der Waals surface area contributed by atoms with Crippen LogP contribution >= 0.6 is 0 Å². The maximum atomic E-state index is 9.56. The normalized spacial score (nSPS) is 19.0. The van der Waals surface area contributed by atoms with Crippen LogP contribution in [0.15, 0.2) is 5.57 Å². The number of unbranched alkanes of at least 4 members (excludes halogenated alkanes) is 2. The zero-order chi connectivity index (χ0) is 19.1. The standard InChI is InChI=1S/C21H31N5O/c1-2-3-12-27-21-25-19-17(15(14-22)13-18(19)20(23)26-21)10-5-4-8-16-9-6-7-11-24-16/h16,24H,2-13H2,1H3,(H2,23,25,26). The highest BCUT2D eigenvalue weighted by atomic mass is 16.5. The predicted molar refractivity (Wildman–Crippen MR) is 107 cm³/mol. The molecule has 6 heteroatoms. The number of anilines is 1. The minimum Gasteiger partial charge on any atom is -0.463 e. The predicted octanol–water partition coefficient (Wildman–Crippen LogP) is 3.77. The molecule has 1 aromatic rings. The first-order chi connectivity index (χ1) is 13.2. The molecule has 0 bridgehead atoms. The highest BCUT2D eigenvalue weighted by Gasteiger charge is 2.27. The van der Waals surface area contributed by atoms with Crippen molar-refractivity contribution in [1.29, 1.82) is 5.26 Å². The van der Waals surface area contributed by atoms with E-state index in [2.05, 4.69) is 28.3 Å². The summed E-state index contributed by atoms with van der Waals surface area (Å²) in [6.07, 6.45) is 10.8. The number of ether oxygens (including phenoxy) is 1. The molecule has 146 valence electrons. The topological polar surface area (TPSA) is 96.8 Å². The van der Waals surface area contributed by atoms with Gasteiger partial charge >= 0.3 is 6.01 Å². The van der Waals surface area contributed by atoms with Crippen molar-refractivity contribution in [2.45, 2.75) is 77.2 Å². The lowest BCUT2D eigenvalue weighted by molar-refractivity contribution is 0.285. The van der Waals surface area contributed by atoms with Crippen LogP contribution in [-0.2, 0) is 6.42 Å². The molecule has 0 amide bonds. The second-order valence-corrected chi connectivity index (χ2v) is 7.56. The lowest BCUT2D eigenvalue weighted by Crippen LogP contribution is -2.33. The van der Waals surface area contributed by atoms with Crippen molar-refractivity contribution in [3.8, 4) is 12.1 Å². The second kappa shape index (κ2) is 9.70. The molecule has 3 rings (SSSR count). The summed E-state index contributed by atoms with van der Waals surface area (Å²) < 4.78 is 5.66. The van der Waals surface area contributed by atoms with Crippen LogP contribution in [0.3, 0.4) is 0 Å². The summed E-state index contributed by atoms with van der Waals surface area (Å²) in [4.78, 5) is 8.88. The molecule has 27 heavy (non-hydrogen) atoms. The van der Waals surface area contributed by atoms with E-state index in [1.165, 1.54) is 25.7 Å². The van der Waals surface area contributed by atoms with Crippen LogP contribution in [-0.4, -0.2) is 29.2 Å². The SMILES string of the molecule is CCCCOc1nc(N)c2c(n1)C(CCCCC1CCCCN1)=C(C#N)C2. The number of nitrogens with zero attached hydrogens (tertiary/aromatic N) is 3. The summed E-state index contributed by atoms with van der Waals surface area (Å²) in [6, 6.07) is 3.35. The van der Waals surface area contributed by atoms with Crippen molar-refractivity contribution in [3.05, 3.63) is 16.8 Å². The molecule has 6 nitrogen and oxygen atoms in total. The fraction of sp³-hybridized carbons (Fsp3) is 0.667. The van der Waals surface area contributed by atoms with E-state index in [4.69, 9.17) is 10.5 Å². The number of nitriles is 1. The maximum absolute atomic E-state index is 9.56. The molecule has 1 saturated heterocycles. The fourth-order valence-corrected chi connectivity index (χ4v) is 3.94. The Labute approximate surface area is 162 Å². The van der Waals surface area contributed by atoms with E-state index in [0.717, 1.165) is 61.1 Å². The molecular formula is C21H31N5O. The summed E-state index contributed by atoms with van der Waals surface area (Å²) in [5.74, 6) is 0.445. The molecule has 1 aliphatic heterocycles. The lowest BCUT2D eigenvalue weighted by atomic mass is 9.97. The van der Waals surface area contributed by atoms with Crippen molar-refractivity contribution < 1.29 is 4.74 Å². The van der Waals surface area contributed by atoms with E-state index in [-0.39, 0.29) is 0 Å². The van der Waals surface area contributed by atoms with Crippen LogP contribution in [0.5, 0.6) is 6.01 Å². The fourth-order valence-electron chi connectivity index (χ4n) is 3.94. The Morgan fingerprint density at radius 1 is 1.26 bits per heavy atom. The second-order valence-electron chi connectivity index (χ2n) is 7.56. The first-order valence-corrected chi connectivity index (χ1v) is 10.4. The zero-order valence-electron chi connectivity index (χ0n) is 16.4. The van der Waals surface area contributed by atoms with Gasteiger partial charge in [-0.3, -0.25) is 0 Å². The van der Waals surface area contributed by atoms with Gasteiger partial charge in [-0.1, -0.05) is 26.2 Å². The van der Waals surface area contributed by atoms with Crippen LogP contribution < -0.4 is 15.8 Å². The molecule has 1 fully saturated rings. The highest BCUT2D eigenvalue weighted by Crippen LogP contribution is 2.38. The third-order valence-electron chi connectivity index (χ3n) is 5.53. The molecule has 0 saturated carbocycles. The first kappa shape index (κ1) is 19.6. The number of rotatable bonds is 9. The Kier molecular flexibility index (Phi) is 7.05. The number of allylic oxidation sites excluding steroid dienone is 2. The molecule has 1 aromatic heterocycles. The molecule has 1 unspecified atom stereocenters. The van der Waals surface area contributed by atoms with Crippen LogP contribution in [0.4, 0.5) is 5.82 Å². The Morgan fingerprint density at radius 3 is 2.89 bits per heavy atom. The van der Waals surface area contributed by atoms with Crippen molar-refractivity contribution in [3.63, 3.8) is 0 Å². The van der Waals surface area contributed by atoms with Gasteiger partial charge in [0.25, 0.3) is 0 Å². The van der Waals surface area contributed by atoms with E-state index in [1.807, 2.05) is 0 Å². The van der Waals surface area contributed by atoms with Crippen molar-refractivity contribution in [1.82, 2.24) is 15.3 Å². The van der Waals surface area contributed by atoms with E-state index >= 15 is 0 Å². The summed E-state index contributed by atoms with van der Waals surface area (Å²) in [5.41, 5.74) is 9.68. The number of fused-ring (bicyclic) bond motifs is 1. The van der Waals surface area contributed by atoms with Gasteiger partial charge < -0.3 is 15.8 Å². The monoisotopic (exact) mass is 369 g/mol. The molecule has 1 aliphatic carbocycles. The molecule has 0 radical (unpaired) electrons. The smallest absolute Gasteiger partial charge is 0.318 e. The van der Waals surface area contributed by atoms with Gasteiger partial charge in [0.15, 0.2) is 0 Å². The average Bonchev–Trinajstić information content (AvgIpc) is 3.04. The van der Waals surface area contributed by atoms with E-state index in [0.29, 0.717) is 30.9 Å². The van der Waals surface area contributed by atoms with Gasteiger partial charge in [0.05, 0.1) is 18.4 Å². The number of nitrogen functional groups attached to an aromatic ring is 1. The van der Waals surface area contributed by atoms with Crippen LogP contribution in [0, 0.1) is 11.3 Å². The molecule has 2 aliphatic rings. The lowest BCUT2D eigenvalue weighted by Gasteiger charge is -2.23. The number of nitrogens with one attached hydrogen (secondary N) is 1. The van der Waals surface area contributed by atoms with Crippen molar-refractivity contribution in [2.75, 3.05) is 18.9 Å². The Hall–Kier alpha value is -2.13. The number of hydrogen-bond donors (Lipinski definition) is 2. The Morgan fingerprint density at radius 2 is 2.15 bits per heavy atom. The largest absolute Gasteiger partial charge is 0.463 e. The quantitative estimate of drug-likeness (QED) is 0.643.